The summed E-state index contributed by atoms with van der Waals surface area (Å²) in [4.78, 5) is 24.7. The second kappa shape index (κ2) is 5.94. The van der Waals surface area contributed by atoms with Gasteiger partial charge < -0.3 is 14.7 Å². The second-order valence-corrected chi connectivity index (χ2v) is 4.98. The molecule has 0 bridgehead atoms. The van der Waals surface area contributed by atoms with Gasteiger partial charge in [-0.25, -0.2) is 4.79 Å². The van der Waals surface area contributed by atoms with Crippen molar-refractivity contribution in [3.05, 3.63) is 29.3 Å². The van der Waals surface area contributed by atoms with Crippen molar-refractivity contribution in [2.45, 2.75) is 32.7 Å². The van der Waals surface area contributed by atoms with Gasteiger partial charge in [0.25, 0.3) is 5.91 Å². The van der Waals surface area contributed by atoms with Crippen molar-refractivity contribution in [1.29, 1.82) is 0 Å². The lowest BCUT2D eigenvalue weighted by Crippen LogP contribution is -2.36. The standard InChI is InChI=1S/C15H19NO4/c1-3-16(11-4-5-11)14(17)9-20-12-6-7-13(15(18)19)10(2)8-12/h6-8,11H,3-5,9H2,1-2H3,(H,18,19). The molecule has 1 aliphatic rings. The summed E-state index contributed by atoms with van der Waals surface area (Å²) in [5.74, 6) is -0.460. The number of carbonyl (C=O) groups excluding carboxylic acids is 1. The van der Waals surface area contributed by atoms with E-state index in [-0.39, 0.29) is 18.1 Å². The summed E-state index contributed by atoms with van der Waals surface area (Å²) in [6.07, 6.45) is 2.15. The Balaban J connectivity index is 1.95. The summed E-state index contributed by atoms with van der Waals surface area (Å²) in [6, 6.07) is 5.10. The molecule has 1 saturated carbocycles. The maximum Gasteiger partial charge on any atom is 0.335 e. The minimum absolute atomic E-state index is 0.00377. The van der Waals surface area contributed by atoms with Gasteiger partial charge in [0.2, 0.25) is 0 Å². The van der Waals surface area contributed by atoms with Crippen molar-refractivity contribution in [3.8, 4) is 5.75 Å². The third-order valence-electron chi connectivity index (χ3n) is 3.44. The zero-order valence-corrected chi connectivity index (χ0v) is 11.8. The predicted molar refractivity (Wildman–Crippen MR) is 74.0 cm³/mol. The first-order valence-electron chi connectivity index (χ1n) is 6.79. The maximum atomic E-state index is 12.0. The van der Waals surface area contributed by atoms with Gasteiger partial charge in [-0.1, -0.05) is 0 Å². The molecule has 0 atom stereocenters. The first kappa shape index (κ1) is 14.4. The van der Waals surface area contributed by atoms with Crippen LogP contribution in [-0.2, 0) is 4.79 Å². The number of rotatable bonds is 6. The van der Waals surface area contributed by atoms with Crippen molar-refractivity contribution in [3.63, 3.8) is 0 Å². The molecule has 0 unspecified atom stereocenters. The Hall–Kier alpha value is -2.04. The van der Waals surface area contributed by atoms with Crippen LogP contribution in [0.15, 0.2) is 18.2 Å². The molecule has 0 saturated heterocycles. The summed E-state index contributed by atoms with van der Waals surface area (Å²) in [6.45, 7) is 4.36. The van der Waals surface area contributed by atoms with Crippen LogP contribution in [0.1, 0.15) is 35.7 Å². The monoisotopic (exact) mass is 277 g/mol. The van der Waals surface area contributed by atoms with Gasteiger partial charge in [-0.2, -0.15) is 0 Å². The fourth-order valence-electron chi connectivity index (χ4n) is 2.22. The Kier molecular flexibility index (Phi) is 4.27. The highest BCUT2D eigenvalue weighted by atomic mass is 16.5. The van der Waals surface area contributed by atoms with Gasteiger partial charge in [-0.05, 0) is 50.5 Å². The molecule has 2 rings (SSSR count). The average Bonchev–Trinajstić information content (AvgIpc) is 3.21. The smallest absolute Gasteiger partial charge is 0.335 e. The lowest BCUT2D eigenvalue weighted by atomic mass is 10.1. The van der Waals surface area contributed by atoms with E-state index < -0.39 is 5.97 Å². The van der Waals surface area contributed by atoms with E-state index in [1.807, 2.05) is 11.8 Å². The van der Waals surface area contributed by atoms with Crippen LogP contribution in [0, 0.1) is 6.92 Å². The predicted octanol–water partition coefficient (Wildman–Crippen LogP) is 2.08. The highest BCUT2D eigenvalue weighted by Crippen LogP contribution is 2.26. The normalized spacial score (nSPS) is 13.9. The van der Waals surface area contributed by atoms with Crippen molar-refractivity contribution in [2.24, 2.45) is 0 Å². The molecule has 1 aliphatic carbocycles. The molecule has 108 valence electrons. The molecule has 0 aliphatic heterocycles. The molecule has 0 heterocycles. The van der Waals surface area contributed by atoms with Crippen LogP contribution in [-0.4, -0.2) is 41.1 Å². The highest BCUT2D eigenvalue weighted by molar-refractivity contribution is 5.89. The lowest BCUT2D eigenvalue weighted by Gasteiger charge is -2.20. The number of hydrogen-bond donors (Lipinski definition) is 1. The number of benzene rings is 1. The molecule has 1 amide bonds. The quantitative estimate of drug-likeness (QED) is 0.864. The van der Waals surface area contributed by atoms with Crippen LogP contribution >= 0.6 is 0 Å². The molecule has 0 aromatic heterocycles. The molecule has 1 aromatic carbocycles. The van der Waals surface area contributed by atoms with Crippen LogP contribution in [0.2, 0.25) is 0 Å². The second-order valence-electron chi connectivity index (χ2n) is 4.98. The van der Waals surface area contributed by atoms with Crippen LogP contribution in [0.3, 0.4) is 0 Å². The fraction of sp³-hybridized carbons (Fsp3) is 0.467. The molecule has 0 spiro atoms. The lowest BCUT2D eigenvalue weighted by molar-refractivity contribution is -0.133. The number of nitrogens with zero attached hydrogens (tertiary/aromatic N) is 1. The fourth-order valence-corrected chi connectivity index (χ4v) is 2.22. The number of carbonyl (C=O) groups is 2. The van der Waals surface area contributed by atoms with Gasteiger partial charge in [0, 0.05) is 12.6 Å². The molecular formula is C15H19NO4. The number of carboxylic acid groups (broad SMARTS) is 1. The molecule has 0 radical (unpaired) electrons. The number of amides is 1. The summed E-state index contributed by atoms with van der Waals surface area (Å²) >= 11 is 0. The Morgan fingerprint density at radius 2 is 2.10 bits per heavy atom. The topological polar surface area (TPSA) is 66.8 Å². The SMILES string of the molecule is CCN(C(=O)COc1ccc(C(=O)O)c(C)c1)C1CC1. The minimum atomic E-state index is -0.962. The number of likely N-dealkylation sites (N-methyl/N-ethyl adjacent to an activating group) is 1. The molecule has 5 nitrogen and oxygen atoms in total. The Labute approximate surface area is 118 Å². The maximum absolute atomic E-state index is 12.0. The van der Waals surface area contributed by atoms with E-state index in [1.165, 1.54) is 6.07 Å². The Bertz CT molecular complexity index is 523. The zero-order chi connectivity index (χ0) is 14.7. The summed E-state index contributed by atoms with van der Waals surface area (Å²) in [5.41, 5.74) is 0.869. The van der Waals surface area contributed by atoms with E-state index in [0.29, 0.717) is 23.9 Å². The third-order valence-corrected chi connectivity index (χ3v) is 3.44. The first-order valence-corrected chi connectivity index (χ1v) is 6.79. The van der Waals surface area contributed by atoms with Gasteiger partial charge in [-0.3, -0.25) is 4.79 Å². The molecule has 20 heavy (non-hydrogen) atoms. The number of aromatic carboxylic acids is 1. The molecule has 1 aromatic rings. The van der Waals surface area contributed by atoms with E-state index in [0.717, 1.165) is 12.8 Å². The Morgan fingerprint density at radius 3 is 2.60 bits per heavy atom. The van der Waals surface area contributed by atoms with Crippen molar-refractivity contribution in [1.82, 2.24) is 4.90 Å². The summed E-state index contributed by atoms with van der Waals surface area (Å²) in [7, 11) is 0. The van der Waals surface area contributed by atoms with E-state index in [9.17, 15) is 9.59 Å². The number of carboxylic acids is 1. The first-order chi connectivity index (χ1) is 9.52. The van der Waals surface area contributed by atoms with Crippen molar-refractivity contribution in [2.75, 3.05) is 13.2 Å². The van der Waals surface area contributed by atoms with Gasteiger partial charge >= 0.3 is 5.97 Å². The molecular weight excluding hydrogens is 258 g/mol. The van der Waals surface area contributed by atoms with Gasteiger partial charge in [0.05, 0.1) is 5.56 Å². The van der Waals surface area contributed by atoms with Gasteiger partial charge in [-0.15, -0.1) is 0 Å². The van der Waals surface area contributed by atoms with E-state index in [1.54, 1.807) is 19.1 Å². The highest BCUT2D eigenvalue weighted by Gasteiger charge is 2.31. The number of hydrogen-bond acceptors (Lipinski definition) is 3. The van der Waals surface area contributed by atoms with Crippen LogP contribution < -0.4 is 4.74 Å². The van der Waals surface area contributed by atoms with Crippen LogP contribution in [0.25, 0.3) is 0 Å². The molecule has 1 fully saturated rings. The Morgan fingerprint density at radius 1 is 1.40 bits per heavy atom. The third kappa shape index (κ3) is 3.29. The molecule has 5 heteroatoms. The number of aryl methyl sites for hydroxylation is 1. The molecule has 1 N–H and O–H groups in total. The van der Waals surface area contributed by atoms with Crippen molar-refractivity contribution < 1.29 is 19.4 Å². The summed E-state index contributed by atoms with van der Waals surface area (Å²) < 4.78 is 5.46. The minimum Gasteiger partial charge on any atom is -0.484 e. The largest absolute Gasteiger partial charge is 0.484 e. The van der Waals surface area contributed by atoms with Gasteiger partial charge in [0.15, 0.2) is 6.61 Å². The zero-order valence-electron chi connectivity index (χ0n) is 11.8. The van der Waals surface area contributed by atoms with Gasteiger partial charge in [0.1, 0.15) is 5.75 Å². The number of ether oxygens (including phenoxy) is 1. The van der Waals surface area contributed by atoms with Crippen molar-refractivity contribution >= 4 is 11.9 Å². The summed E-state index contributed by atoms with van der Waals surface area (Å²) in [5, 5.41) is 8.95. The van der Waals surface area contributed by atoms with E-state index in [4.69, 9.17) is 9.84 Å². The van der Waals surface area contributed by atoms with Crippen LogP contribution in [0.5, 0.6) is 5.75 Å². The van der Waals surface area contributed by atoms with E-state index >= 15 is 0 Å². The van der Waals surface area contributed by atoms with E-state index in [2.05, 4.69) is 0 Å². The average molecular weight is 277 g/mol. The van der Waals surface area contributed by atoms with Crippen LogP contribution in [0.4, 0.5) is 0 Å².